The van der Waals surface area contributed by atoms with Crippen molar-refractivity contribution in [1.29, 1.82) is 0 Å². The fourth-order valence-electron chi connectivity index (χ4n) is 5.47. The maximum atomic E-state index is 13.7. The van der Waals surface area contributed by atoms with Gasteiger partial charge in [-0.05, 0) is 112 Å². The zero-order valence-electron chi connectivity index (χ0n) is 21.6. The molecule has 5 rings (SSSR count). The number of nitro groups is 1. The summed E-state index contributed by atoms with van der Waals surface area (Å²) < 4.78 is 7.92. The number of rotatable bonds is 7. The van der Waals surface area contributed by atoms with Crippen LogP contribution in [0.5, 0.6) is 5.75 Å². The van der Waals surface area contributed by atoms with Gasteiger partial charge in [0.25, 0.3) is 11.6 Å². The smallest absolute Gasteiger partial charge is 0.269 e. The molecule has 0 N–H and O–H groups in total. The van der Waals surface area contributed by atoms with Crippen molar-refractivity contribution in [1.82, 2.24) is 4.90 Å². The molecule has 3 fully saturated rings. The highest BCUT2D eigenvalue weighted by Crippen LogP contribution is 2.39. The lowest BCUT2D eigenvalue weighted by molar-refractivity contribution is -0.384. The van der Waals surface area contributed by atoms with E-state index in [0.717, 1.165) is 59.8 Å². The number of amides is 1. The quantitative estimate of drug-likeness (QED) is 0.122. The first kappa shape index (κ1) is 28.8. The highest BCUT2D eigenvalue weighted by molar-refractivity contribution is 14.1. The maximum Gasteiger partial charge on any atom is 0.269 e. The van der Waals surface area contributed by atoms with Gasteiger partial charge >= 0.3 is 0 Å². The van der Waals surface area contributed by atoms with Crippen LogP contribution in [0.15, 0.2) is 46.3 Å². The van der Waals surface area contributed by atoms with Crippen LogP contribution >= 0.6 is 56.9 Å². The molecule has 1 saturated heterocycles. The Bertz CT molecular complexity index is 1280. The third-order valence-corrected chi connectivity index (χ3v) is 10.1. The van der Waals surface area contributed by atoms with Gasteiger partial charge in [-0.2, -0.15) is 0 Å². The van der Waals surface area contributed by atoms with Gasteiger partial charge < -0.3 is 4.74 Å². The van der Waals surface area contributed by atoms with E-state index in [-0.39, 0.29) is 24.2 Å². The number of hydrogen-bond donors (Lipinski definition) is 0. The van der Waals surface area contributed by atoms with E-state index in [9.17, 15) is 14.9 Å². The maximum absolute atomic E-state index is 13.7. The number of halogens is 2. The number of aliphatic imine (C=N–C) groups is 1. The Kier molecular flexibility index (Phi) is 9.86. The number of carbonyl (C=O) groups excluding carboxylic acids is 1. The number of nitrogens with zero attached hydrogens (tertiary/aromatic N) is 3. The third kappa shape index (κ3) is 7.16. The van der Waals surface area contributed by atoms with Gasteiger partial charge in [0.2, 0.25) is 0 Å². The summed E-state index contributed by atoms with van der Waals surface area (Å²) in [6.45, 7) is 0.236. The summed E-state index contributed by atoms with van der Waals surface area (Å²) in [7, 11) is 0. The molecule has 2 aromatic rings. The number of carbonyl (C=O) groups is 1. The lowest BCUT2D eigenvalue weighted by Crippen LogP contribution is -2.41. The summed E-state index contributed by atoms with van der Waals surface area (Å²) in [5, 5.41) is 12.0. The summed E-state index contributed by atoms with van der Waals surface area (Å²) in [6, 6.07) is 11.1. The summed E-state index contributed by atoms with van der Waals surface area (Å²) in [4.78, 5) is 32.3. The number of hydrogen-bond acceptors (Lipinski definition) is 6. The summed E-state index contributed by atoms with van der Waals surface area (Å²) in [5.41, 5.74) is 1.74. The van der Waals surface area contributed by atoms with Crippen molar-refractivity contribution in [3.8, 4) is 5.75 Å². The standard InChI is InChI=1S/C29H31I2N3O4S/c30-24-15-20(16-25(31)27(24)38-18-19-8-7-13-23(14-19)34(36)37)17-26-28(35)33(22-11-5-2-6-12-22)29(39-26)32-21-9-3-1-4-10-21/h7-8,13-17,21-22H,1-6,9-12,18H2. The van der Waals surface area contributed by atoms with Gasteiger partial charge in [0.05, 0.1) is 23.0 Å². The minimum absolute atomic E-state index is 0.0508. The third-order valence-electron chi connectivity index (χ3n) is 7.47. The van der Waals surface area contributed by atoms with Gasteiger partial charge in [0, 0.05) is 18.2 Å². The van der Waals surface area contributed by atoms with E-state index in [0.29, 0.717) is 6.04 Å². The first-order chi connectivity index (χ1) is 18.9. The van der Waals surface area contributed by atoms with Crippen LogP contribution < -0.4 is 4.74 Å². The van der Waals surface area contributed by atoms with Crippen LogP contribution in [0.3, 0.4) is 0 Å². The molecule has 1 amide bonds. The molecular weight excluding hydrogens is 740 g/mol. The molecule has 206 valence electrons. The Hall–Kier alpha value is -1.67. The predicted molar refractivity (Wildman–Crippen MR) is 173 cm³/mol. The zero-order valence-corrected chi connectivity index (χ0v) is 26.7. The minimum Gasteiger partial charge on any atom is -0.487 e. The second kappa shape index (κ2) is 13.3. The Morgan fingerprint density at radius 1 is 1.03 bits per heavy atom. The van der Waals surface area contributed by atoms with Gasteiger partial charge in [0.1, 0.15) is 12.4 Å². The normalized spacial score (nSPS) is 21.2. The van der Waals surface area contributed by atoms with Crippen LogP contribution in [-0.2, 0) is 11.4 Å². The molecule has 0 radical (unpaired) electrons. The second-order valence-corrected chi connectivity index (χ2v) is 13.6. The number of ether oxygens (including phenoxy) is 1. The Labute approximate surface area is 260 Å². The molecule has 1 aliphatic heterocycles. The van der Waals surface area contributed by atoms with Crippen molar-refractivity contribution in [2.24, 2.45) is 4.99 Å². The number of benzene rings is 2. The van der Waals surface area contributed by atoms with E-state index in [4.69, 9.17) is 9.73 Å². The van der Waals surface area contributed by atoms with Gasteiger partial charge in [-0.3, -0.25) is 24.8 Å². The fraction of sp³-hybridized carbons (Fsp3) is 0.448. The summed E-state index contributed by atoms with van der Waals surface area (Å²) in [5.74, 6) is 0.816. The van der Waals surface area contributed by atoms with Crippen LogP contribution in [-0.4, -0.2) is 33.0 Å². The molecule has 0 bridgehead atoms. The average molecular weight is 771 g/mol. The van der Waals surface area contributed by atoms with Gasteiger partial charge in [-0.25, -0.2) is 0 Å². The lowest BCUT2D eigenvalue weighted by atomic mass is 9.94. The molecule has 2 saturated carbocycles. The van der Waals surface area contributed by atoms with E-state index in [2.05, 4.69) is 45.2 Å². The molecule has 7 nitrogen and oxygen atoms in total. The molecule has 10 heteroatoms. The van der Waals surface area contributed by atoms with Crippen molar-refractivity contribution < 1.29 is 14.5 Å². The van der Waals surface area contributed by atoms with Crippen molar-refractivity contribution >= 4 is 79.8 Å². The molecule has 0 unspecified atom stereocenters. The van der Waals surface area contributed by atoms with Crippen molar-refractivity contribution in [3.63, 3.8) is 0 Å². The van der Waals surface area contributed by atoms with Crippen LogP contribution in [0.4, 0.5) is 5.69 Å². The van der Waals surface area contributed by atoms with Gasteiger partial charge in [-0.1, -0.05) is 50.7 Å². The van der Waals surface area contributed by atoms with E-state index < -0.39 is 4.92 Å². The molecule has 1 heterocycles. The summed E-state index contributed by atoms with van der Waals surface area (Å²) in [6.07, 6.45) is 13.6. The largest absolute Gasteiger partial charge is 0.487 e. The van der Waals surface area contributed by atoms with Crippen molar-refractivity contribution in [2.45, 2.75) is 82.9 Å². The van der Waals surface area contributed by atoms with Crippen LogP contribution in [0, 0.1) is 17.3 Å². The number of non-ortho nitro benzene ring substituents is 1. The van der Waals surface area contributed by atoms with Crippen molar-refractivity contribution in [2.75, 3.05) is 0 Å². The Morgan fingerprint density at radius 2 is 1.69 bits per heavy atom. The fourth-order valence-corrected chi connectivity index (χ4v) is 8.71. The first-order valence-electron chi connectivity index (χ1n) is 13.5. The SMILES string of the molecule is O=C1C(=Cc2cc(I)c(OCc3cccc([N+](=O)[O-])c3)c(I)c2)SC(=NC2CCCCC2)N1C1CCCCC1. The van der Waals surface area contributed by atoms with E-state index in [1.54, 1.807) is 6.07 Å². The van der Waals surface area contributed by atoms with E-state index in [1.165, 1.54) is 62.4 Å². The molecule has 2 aromatic carbocycles. The topological polar surface area (TPSA) is 85.0 Å². The average Bonchev–Trinajstić information content (AvgIpc) is 3.23. The molecule has 2 aliphatic carbocycles. The van der Waals surface area contributed by atoms with Crippen molar-refractivity contribution in [3.05, 3.63) is 69.7 Å². The second-order valence-electron chi connectivity index (χ2n) is 10.3. The van der Waals surface area contributed by atoms with Crippen LogP contribution in [0.2, 0.25) is 0 Å². The number of amidine groups is 1. The van der Waals surface area contributed by atoms with Crippen LogP contribution in [0.1, 0.15) is 75.3 Å². The predicted octanol–water partition coefficient (Wildman–Crippen LogP) is 8.32. The van der Waals surface area contributed by atoms with E-state index >= 15 is 0 Å². The summed E-state index contributed by atoms with van der Waals surface area (Å²) >= 11 is 6.03. The first-order valence-corrected chi connectivity index (χ1v) is 16.5. The molecule has 39 heavy (non-hydrogen) atoms. The molecule has 0 atom stereocenters. The molecule has 3 aliphatic rings. The highest BCUT2D eigenvalue weighted by atomic mass is 127. The number of nitro benzene ring substituents is 1. The van der Waals surface area contributed by atoms with Gasteiger partial charge in [-0.15, -0.1) is 0 Å². The minimum atomic E-state index is -0.400. The Morgan fingerprint density at radius 3 is 2.36 bits per heavy atom. The van der Waals surface area contributed by atoms with Crippen LogP contribution in [0.25, 0.3) is 6.08 Å². The highest BCUT2D eigenvalue weighted by Gasteiger charge is 2.39. The lowest BCUT2D eigenvalue weighted by Gasteiger charge is -2.31. The Balaban J connectivity index is 1.36. The molecular formula is C29H31I2N3O4S. The molecule has 0 aromatic heterocycles. The van der Waals surface area contributed by atoms with Gasteiger partial charge in [0.15, 0.2) is 5.17 Å². The van der Waals surface area contributed by atoms with E-state index in [1.807, 2.05) is 29.2 Å². The zero-order chi connectivity index (χ0) is 27.4. The monoisotopic (exact) mass is 771 g/mol. The molecule has 0 spiro atoms. The number of thioether (sulfide) groups is 1.